The molecule has 5 nitrogen and oxygen atoms in total. The Bertz CT molecular complexity index is 905. The average Bonchev–Trinajstić information content (AvgIpc) is 3.30. The normalized spacial score (nSPS) is 15.8. The van der Waals surface area contributed by atoms with E-state index in [-0.39, 0.29) is 17.8 Å². The van der Waals surface area contributed by atoms with Crippen LogP contribution in [0.3, 0.4) is 0 Å². The van der Waals surface area contributed by atoms with E-state index in [1.54, 1.807) is 6.26 Å². The van der Waals surface area contributed by atoms with E-state index >= 15 is 0 Å². The second-order valence-electron chi connectivity index (χ2n) is 7.27. The fourth-order valence-electron chi connectivity index (χ4n) is 3.87. The van der Waals surface area contributed by atoms with Crippen molar-refractivity contribution in [2.45, 2.75) is 6.04 Å². The number of rotatable bonds is 6. The van der Waals surface area contributed by atoms with Gasteiger partial charge in [-0.25, -0.2) is 4.39 Å². The predicted molar refractivity (Wildman–Crippen MR) is 110 cm³/mol. The number of hydrogen-bond donors (Lipinski definition) is 2. The number of quaternary nitrogens is 1. The standard InChI is InChI=1S/C23H24FN3O2/c24-19-10-8-18(9-11-19)23(28)25-17-21(22-7-4-16-29-22)27-14-12-26(13-15-27)20-5-2-1-3-6-20/h1-11,16,21H,12-15,17H2,(H,25,28)/p+1/t21-/m1/s1. The molecule has 0 unspecified atom stereocenters. The minimum Gasteiger partial charge on any atom is -0.463 e. The van der Waals surface area contributed by atoms with Gasteiger partial charge in [-0.1, -0.05) is 18.2 Å². The molecular formula is C23H25FN3O2+. The van der Waals surface area contributed by atoms with Crippen LogP contribution < -0.4 is 15.1 Å². The molecule has 0 radical (unpaired) electrons. The summed E-state index contributed by atoms with van der Waals surface area (Å²) in [5.41, 5.74) is 1.69. The number of benzene rings is 2. The highest BCUT2D eigenvalue weighted by molar-refractivity contribution is 5.94. The molecule has 1 fully saturated rings. The third-order valence-corrected chi connectivity index (χ3v) is 5.48. The zero-order valence-electron chi connectivity index (χ0n) is 16.2. The molecule has 1 aliphatic heterocycles. The van der Waals surface area contributed by atoms with Crippen LogP contribution in [0.1, 0.15) is 22.2 Å². The fourth-order valence-corrected chi connectivity index (χ4v) is 3.87. The van der Waals surface area contributed by atoms with Gasteiger partial charge < -0.3 is 19.5 Å². The van der Waals surface area contributed by atoms with Gasteiger partial charge in [0, 0.05) is 11.3 Å². The van der Waals surface area contributed by atoms with Crippen molar-refractivity contribution in [3.63, 3.8) is 0 Å². The van der Waals surface area contributed by atoms with Crippen molar-refractivity contribution >= 4 is 11.6 Å². The summed E-state index contributed by atoms with van der Waals surface area (Å²) in [5.74, 6) is 0.312. The van der Waals surface area contributed by atoms with Gasteiger partial charge in [0.25, 0.3) is 5.91 Å². The van der Waals surface area contributed by atoms with Gasteiger partial charge in [0.2, 0.25) is 0 Å². The van der Waals surface area contributed by atoms with Crippen LogP contribution in [0.4, 0.5) is 10.1 Å². The number of para-hydroxylation sites is 1. The number of carbonyl (C=O) groups is 1. The van der Waals surface area contributed by atoms with E-state index in [9.17, 15) is 9.18 Å². The minimum absolute atomic E-state index is 0.0346. The molecule has 2 heterocycles. The lowest BCUT2D eigenvalue weighted by Gasteiger charge is -2.37. The van der Waals surface area contributed by atoms with Crippen molar-refractivity contribution in [1.29, 1.82) is 0 Å². The number of anilines is 1. The highest BCUT2D eigenvalue weighted by Crippen LogP contribution is 2.15. The molecule has 1 saturated heterocycles. The van der Waals surface area contributed by atoms with Crippen LogP contribution in [0.2, 0.25) is 0 Å². The Balaban J connectivity index is 1.40. The topological polar surface area (TPSA) is 49.9 Å². The van der Waals surface area contributed by atoms with Crippen LogP contribution in [0, 0.1) is 5.82 Å². The SMILES string of the molecule is O=C(NC[C@H](c1ccco1)[NH+]1CCN(c2ccccc2)CC1)c1ccc(F)cc1. The molecule has 29 heavy (non-hydrogen) atoms. The Labute approximate surface area is 169 Å². The van der Waals surface area contributed by atoms with Crippen LogP contribution in [-0.4, -0.2) is 38.6 Å². The highest BCUT2D eigenvalue weighted by Gasteiger charge is 2.31. The Morgan fingerprint density at radius 1 is 1.03 bits per heavy atom. The summed E-state index contributed by atoms with van der Waals surface area (Å²) in [4.78, 5) is 16.2. The number of amides is 1. The maximum absolute atomic E-state index is 13.1. The average molecular weight is 394 g/mol. The number of carbonyl (C=O) groups excluding carboxylic acids is 1. The molecule has 2 aromatic carbocycles. The fraction of sp³-hybridized carbons (Fsp3) is 0.261. The van der Waals surface area contributed by atoms with Crippen LogP contribution in [0.15, 0.2) is 77.4 Å². The van der Waals surface area contributed by atoms with Crippen LogP contribution in [-0.2, 0) is 0 Å². The van der Waals surface area contributed by atoms with Gasteiger partial charge in [-0.05, 0) is 48.5 Å². The highest BCUT2D eigenvalue weighted by atomic mass is 19.1. The molecule has 1 atom stereocenters. The van der Waals surface area contributed by atoms with Crippen LogP contribution in [0.5, 0.6) is 0 Å². The van der Waals surface area contributed by atoms with E-state index in [2.05, 4.69) is 34.5 Å². The zero-order valence-corrected chi connectivity index (χ0v) is 16.2. The third kappa shape index (κ3) is 4.66. The van der Waals surface area contributed by atoms with Gasteiger partial charge in [-0.2, -0.15) is 0 Å². The molecule has 0 aliphatic carbocycles. The van der Waals surface area contributed by atoms with Crippen molar-refractivity contribution in [2.24, 2.45) is 0 Å². The Morgan fingerprint density at radius 3 is 2.41 bits per heavy atom. The lowest BCUT2D eigenvalue weighted by molar-refractivity contribution is -0.932. The minimum atomic E-state index is -0.351. The molecule has 0 spiro atoms. The molecule has 150 valence electrons. The summed E-state index contributed by atoms with van der Waals surface area (Å²) in [5, 5.41) is 2.99. The van der Waals surface area contributed by atoms with Crippen molar-refractivity contribution in [3.05, 3.63) is 90.1 Å². The number of furan rings is 1. The first-order chi connectivity index (χ1) is 14.2. The molecule has 3 aromatic rings. The molecule has 6 heteroatoms. The van der Waals surface area contributed by atoms with Crippen LogP contribution in [0.25, 0.3) is 0 Å². The van der Waals surface area contributed by atoms with Gasteiger partial charge in [0.05, 0.1) is 39.0 Å². The summed E-state index contributed by atoms with van der Waals surface area (Å²) < 4.78 is 18.8. The van der Waals surface area contributed by atoms with Crippen molar-refractivity contribution < 1.29 is 18.5 Å². The van der Waals surface area contributed by atoms with Gasteiger partial charge in [-0.3, -0.25) is 4.79 Å². The molecular weight excluding hydrogens is 369 g/mol. The van der Waals surface area contributed by atoms with E-state index in [4.69, 9.17) is 4.42 Å². The van der Waals surface area contributed by atoms with E-state index in [0.29, 0.717) is 12.1 Å². The summed E-state index contributed by atoms with van der Waals surface area (Å²) in [6, 6.07) is 19.9. The van der Waals surface area contributed by atoms with Crippen molar-refractivity contribution in [3.8, 4) is 0 Å². The maximum atomic E-state index is 13.1. The van der Waals surface area contributed by atoms with E-state index in [1.165, 1.54) is 34.9 Å². The third-order valence-electron chi connectivity index (χ3n) is 5.48. The smallest absolute Gasteiger partial charge is 0.251 e. The molecule has 0 bridgehead atoms. The van der Waals surface area contributed by atoms with E-state index < -0.39 is 0 Å². The predicted octanol–water partition coefficient (Wildman–Crippen LogP) is 2.29. The van der Waals surface area contributed by atoms with E-state index in [1.807, 2.05) is 18.2 Å². The van der Waals surface area contributed by atoms with Gasteiger partial charge in [0.1, 0.15) is 5.82 Å². The second-order valence-corrected chi connectivity index (χ2v) is 7.27. The summed E-state index contributed by atoms with van der Waals surface area (Å²) in [7, 11) is 0. The van der Waals surface area contributed by atoms with Crippen molar-refractivity contribution in [1.82, 2.24) is 5.32 Å². The second kappa shape index (κ2) is 8.92. The first-order valence-corrected chi connectivity index (χ1v) is 9.92. The Kier molecular flexibility index (Phi) is 5.91. The molecule has 1 amide bonds. The first kappa shape index (κ1) is 19.2. The number of hydrogen-bond acceptors (Lipinski definition) is 3. The number of nitrogens with zero attached hydrogens (tertiary/aromatic N) is 1. The summed E-state index contributed by atoms with van der Waals surface area (Å²) in [6.45, 7) is 4.26. The largest absolute Gasteiger partial charge is 0.463 e. The van der Waals surface area contributed by atoms with E-state index in [0.717, 1.165) is 31.9 Å². The van der Waals surface area contributed by atoms with Gasteiger partial charge in [0.15, 0.2) is 11.8 Å². The lowest BCUT2D eigenvalue weighted by atomic mass is 10.1. The maximum Gasteiger partial charge on any atom is 0.251 e. The first-order valence-electron chi connectivity index (χ1n) is 9.92. The van der Waals surface area contributed by atoms with Crippen molar-refractivity contribution in [2.75, 3.05) is 37.6 Å². The van der Waals surface area contributed by atoms with Gasteiger partial charge >= 0.3 is 0 Å². The number of piperazine rings is 1. The molecule has 4 rings (SSSR count). The monoisotopic (exact) mass is 394 g/mol. The lowest BCUT2D eigenvalue weighted by Crippen LogP contribution is -3.15. The summed E-state index contributed by atoms with van der Waals surface area (Å²) in [6.07, 6.45) is 1.67. The Morgan fingerprint density at radius 2 is 1.76 bits per heavy atom. The van der Waals surface area contributed by atoms with Gasteiger partial charge in [-0.15, -0.1) is 0 Å². The molecule has 1 aliphatic rings. The quantitative estimate of drug-likeness (QED) is 0.675. The summed E-state index contributed by atoms with van der Waals surface area (Å²) >= 11 is 0. The zero-order chi connectivity index (χ0) is 20.1. The Hall–Kier alpha value is -3.12. The molecule has 1 aromatic heterocycles. The van der Waals surface area contributed by atoms with Crippen LogP contribution >= 0.6 is 0 Å². The molecule has 2 N–H and O–H groups in total. The molecule has 0 saturated carbocycles. The number of halogens is 1. The number of nitrogens with one attached hydrogen (secondary N) is 2.